The third-order valence-corrected chi connectivity index (χ3v) is 5.36. The molecule has 0 spiro atoms. The molecule has 2 fully saturated rings. The zero-order chi connectivity index (χ0) is 18.4. The van der Waals surface area contributed by atoms with Gasteiger partial charge in [0.05, 0.1) is 0 Å². The van der Waals surface area contributed by atoms with Crippen LogP contribution >= 0.6 is 0 Å². The zero-order valence-electron chi connectivity index (χ0n) is 15.9. The minimum Gasteiger partial charge on any atom is -0.356 e. The minimum absolute atomic E-state index is 0.138. The molecule has 2 saturated carbocycles. The molecule has 142 valence electrons. The van der Waals surface area contributed by atoms with Crippen LogP contribution in [0.1, 0.15) is 49.7 Å². The molecule has 0 saturated heterocycles. The van der Waals surface area contributed by atoms with Gasteiger partial charge < -0.3 is 16.0 Å². The van der Waals surface area contributed by atoms with Crippen LogP contribution in [0.5, 0.6) is 0 Å². The fraction of sp³-hybridized carbons (Fsp3) is 0.650. The number of aromatic nitrogens is 1. The summed E-state index contributed by atoms with van der Waals surface area (Å²) in [5.74, 6) is 1.21. The summed E-state index contributed by atoms with van der Waals surface area (Å²) >= 11 is 0. The summed E-state index contributed by atoms with van der Waals surface area (Å²) in [6.07, 6.45) is 11.0. The fourth-order valence-corrected chi connectivity index (χ4v) is 3.59. The number of nitrogens with zero attached hydrogens (tertiary/aromatic N) is 2. The number of pyridine rings is 1. The number of carbonyl (C=O) groups is 1. The molecule has 3 N–H and O–H groups in total. The standard InChI is InChI=1S/C20H31N5O/c1-14-13-22-10-8-15(14)9-11-23-20(21-2)25-18-5-3-4-16(12-18)19(26)24-17-6-7-17/h8,10,13,16-18H,3-7,9,11-12H2,1-2H3,(H,24,26)(H2,21,23,25). The second-order valence-electron chi connectivity index (χ2n) is 7.54. The molecule has 0 aromatic carbocycles. The monoisotopic (exact) mass is 357 g/mol. The number of aliphatic imine (C=N–C) groups is 1. The average molecular weight is 358 g/mol. The van der Waals surface area contributed by atoms with Crippen molar-refractivity contribution in [1.29, 1.82) is 0 Å². The number of guanidine groups is 1. The molecule has 2 aliphatic carbocycles. The van der Waals surface area contributed by atoms with Gasteiger partial charge in [0, 0.05) is 44.0 Å². The molecule has 0 bridgehead atoms. The van der Waals surface area contributed by atoms with Crippen LogP contribution in [0.15, 0.2) is 23.5 Å². The Bertz CT molecular complexity index is 641. The SMILES string of the molecule is CN=C(NCCc1ccncc1C)NC1CCCC(C(=O)NC2CC2)C1. The highest BCUT2D eigenvalue weighted by atomic mass is 16.2. The number of carbonyl (C=O) groups excluding carboxylic acids is 1. The number of hydrogen-bond acceptors (Lipinski definition) is 3. The normalized spacial score (nSPS) is 23.4. The van der Waals surface area contributed by atoms with Crippen molar-refractivity contribution < 1.29 is 4.79 Å². The smallest absolute Gasteiger partial charge is 0.223 e. The van der Waals surface area contributed by atoms with E-state index >= 15 is 0 Å². The van der Waals surface area contributed by atoms with E-state index in [-0.39, 0.29) is 11.8 Å². The van der Waals surface area contributed by atoms with E-state index in [0.717, 1.165) is 57.5 Å². The van der Waals surface area contributed by atoms with Crippen molar-refractivity contribution in [3.63, 3.8) is 0 Å². The second kappa shape index (κ2) is 9.01. The second-order valence-corrected chi connectivity index (χ2v) is 7.54. The Kier molecular flexibility index (Phi) is 6.47. The van der Waals surface area contributed by atoms with E-state index in [2.05, 4.69) is 38.9 Å². The lowest BCUT2D eigenvalue weighted by atomic mass is 9.85. The van der Waals surface area contributed by atoms with Crippen LogP contribution in [0.2, 0.25) is 0 Å². The maximum absolute atomic E-state index is 12.3. The van der Waals surface area contributed by atoms with Crippen LogP contribution in [0.4, 0.5) is 0 Å². The van der Waals surface area contributed by atoms with Crippen LogP contribution in [0.3, 0.4) is 0 Å². The lowest BCUT2D eigenvalue weighted by Crippen LogP contribution is -2.47. The highest BCUT2D eigenvalue weighted by molar-refractivity contribution is 5.81. The van der Waals surface area contributed by atoms with Crippen LogP contribution in [-0.2, 0) is 11.2 Å². The molecule has 1 aromatic rings. The molecule has 1 amide bonds. The molecule has 1 heterocycles. The van der Waals surface area contributed by atoms with Gasteiger partial charge in [0.25, 0.3) is 0 Å². The van der Waals surface area contributed by atoms with Crippen molar-refractivity contribution in [3.8, 4) is 0 Å². The van der Waals surface area contributed by atoms with E-state index in [1.165, 1.54) is 11.1 Å². The Morgan fingerprint density at radius 2 is 2.08 bits per heavy atom. The van der Waals surface area contributed by atoms with Crippen molar-refractivity contribution in [1.82, 2.24) is 20.9 Å². The van der Waals surface area contributed by atoms with E-state index in [9.17, 15) is 4.79 Å². The summed E-state index contributed by atoms with van der Waals surface area (Å²) in [7, 11) is 1.80. The first-order valence-corrected chi connectivity index (χ1v) is 9.82. The molecule has 2 aliphatic rings. The Morgan fingerprint density at radius 1 is 1.23 bits per heavy atom. The molecule has 1 aromatic heterocycles. The summed E-state index contributed by atoms with van der Waals surface area (Å²) in [5.41, 5.74) is 2.52. The Hall–Kier alpha value is -2.11. The first-order chi connectivity index (χ1) is 12.7. The van der Waals surface area contributed by atoms with Gasteiger partial charge in [-0.25, -0.2) is 0 Å². The molecule has 2 atom stereocenters. The number of amides is 1. The molecular weight excluding hydrogens is 326 g/mol. The topological polar surface area (TPSA) is 78.4 Å². The molecule has 2 unspecified atom stereocenters. The maximum Gasteiger partial charge on any atom is 0.223 e. The Morgan fingerprint density at radius 3 is 2.81 bits per heavy atom. The lowest BCUT2D eigenvalue weighted by Gasteiger charge is -2.30. The summed E-state index contributed by atoms with van der Waals surface area (Å²) < 4.78 is 0. The van der Waals surface area contributed by atoms with Crippen LogP contribution in [0, 0.1) is 12.8 Å². The number of aryl methyl sites for hydroxylation is 1. The zero-order valence-corrected chi connectivity index (χ0v) is 15.9. The van der Waals surface area contributed by atoms with Gasteiger partial charge in [-0.05, 0) is 62.6 Å². The van der Waals surface area contributed by atoms with Crippen LogP contribution in [0.25, 0.3) is 0 Å². The largest absolute Gasteiger partial charge is 0.356 e. The molecule has 26 heavy (non-hydrogen) atoms. The third kappa shape index (κ3) is 5.44. The number of nitrogens with one attached hydrogen (secondary N) is 3. The van der Waals surface area contributed by atoms with Gasteiger partial charge in [0.1, 0.15) is 0 Å². The molecule has 6 heteroatoms. The summed E-state index contributed by atoms with van der Waals surface area (Å²) in [4.78, 5) is 20.8. The van der Waals surface area contributed by atoms with E-state index in [0.29, 0.717) is 12.1 Å². The Labute approximate surface area is 156 Å². The first-order valence-electron chi connectivity index (χ1n) is 9.82. The molecular formula is C20H31N5O. The van der Waals surface area contributed by atoms with E-state index in [1.54, 1.807) is 7.05 Å². The third-order valence-electron chi connectivity index (χ3n) is 5.36. The summed E-state index contributed by atoms with van der Waals surface area (Å²) in [6, 6.07) is 2.83. The molecule has 0 radical (unpaired) electrons. The molecule has 6 nitrogen and oxygen atoms in total. The van der Waals surface area contributed by atoms with Gasteiger partial charge in [-0.15, -0.1) is 0 Å². The van der Waals surface area contributed by atoms with Crippen molar-refractivity contribution in [2.75, 3.05) is 13.6 Å². The van der Waals surface area contributed by atoms with Crippen LogP contribution in [-0.4, -0.2) is 42.5 Å². The van der Waals surface area contributed by atoms with Gasteiger partial charge in [-0.1, -0.05) is 6.42 Å². The highest BCUT2D eigenvalue weighted by Crippen LogP contribution is 2.26. The van der Waals surface area contributed by atoms with E-state index in [1.807, 2.05) is 12.4 Å². The van der Waals surface area contributed by atoms with Gasteiger partial charge in [-0.3, -0.25) is 14.8 Å². The number of hydrogen-bond donors (Lipinski definition) is 3. The predicted octanol–water partition coefficient (Wildman–Crippen LogP) is 1.93. The van der Waals surface area contributed by atoms with E-state index in [4.69, 9.17) is 0 Å². The molecule has 0 aliphatic heterocycles. The van der Waals surface area contributed by atoms with Gasteiger partial charge in [-0.2, -0.15) is 0 Å². The van der Waals surface area contributed by atoms with E-state index < -0.39 is 0 Å². The number of rotatable bonds is 6. The quantitative estimate of drug-likeness (QED) is 0.537. The predicted molar refractivity (Wildman–Crippen MR) is 104 cm³/mol. The Balaban J connectivity index is 1.43. The first kappa shape index (κ1) is 18.7. The summed E-state index contributed by atoms with van der Waals surface area (Å²) in [6.45, 7) is 2.91. The van der Waals surface area contributed by atoms with Crippen LogP contribution < -0.4 is 16.0 Å². The lowest BCUT2D eigenvalue weighted by molar-refractivity contribution is -0.126. The van der Waals surface area contributed by atoms with Crippen molar-refractivity contribution >= 4 is 11.9 Å². The van der Waals surface area contributed by atoms with Crippen molar-refractivity contribution in [2.45, 2.75) is 64.0 Å². The van der Waals surface area contributed by atoms with Crippen molar-refractivity contribution in [2.24, 2.45) is 10.9 Å². The van der Waals surface area contributed by atoms with Crippen molar-refractivity contribution in [3.05, 3.63) is 29.6 Å². The maximum atomic E-state index is 12.3. The highest BCUT2D eigenvalue weighted by Gasteiger charge is 2.31. The minimum atomic E-state index is 0.138. The summed E-state index contributed by atoms with van der Waals surface area (Å²) in [5, 5.41) is 10.1. The van der Waals surface area contributed by atoms with Gasteiger partial charge in [0.15, 0.2) is 5.96 Å². The molecule has 3 rings (SSSR count). The van der Waals surface area contributed by atoms with Gasteiger partial charge >= 0.3 is 0 Å². The van der Waals surface area contributed by atoms with Gasteiger partial charge in [0.2, 0.25) is 5.91 Å². The fourth-order valence-electron chi connectivity index (χ4n) is 3.59. The average Bonchev–Trinajstić information content (AvgIpc) is 3.46.